The number of hydrogen-bond donors (Lipinski definition) is 0. The van der Waals surface area contributed by atoms with E-state index >= 15 is 0 Å². The van der Waals surface area contributed by atoms with Crippen molar-refractivity contribution in [2.45, 2.75) is 125 Å². The van der Waals surface area contributed by atoms with E-state index in [1.165, 1.54) is 0 Å². The van der Waals surface area contributed by atoms with Gasteiger partial charge in [-0.25, -0.2) is 19.2 Å². The molecule has 288 valence electrons. The van der Waals surface area contributed by atoms with Gasteiger partial charge in [0.05, 0.1) is 0 Å². The van der Waals surface area contributed by atoms with Crippen LogP contribution in [0.15, 0.2) is 48.6 Å². The first-order valence-corrected chi connectivity index (χ1v) is 18.9. The van der Waals surface area contributed by atoms with Crippen LogP contribution in [-0.4, -0.2) is 61.4 Å². The molecule has 0 aromatic heterocycles. The van der Waals surface area contributed by atoms with Crippen LogP contribution in [-0.2, 0) is 47.7 Å². The van der Waals surface area contributed by atoms with Crippen molar-refractivity contribution in [3.63, 3.8) is 0 Å². The zero-order chi connectivity index (χ0) is 38.7. The highest BCUT2D eigenvalue weighted by Crippen LogP contribution is 2.69. The topological polar surface area (TPSA) is 132 Å². The smallest absolute Gasteiger partial charge is 0.333 e. The van der Waals surface area contributed by atoms with Crippen LogP contribution in [0.1, 0.15) is 106 Å². The van der Waals surface area contributed by atoms with Crippen molar-refractivity contribution in [1.82, 2.24) is 0 Å². The Kier molecular flexibility index (Phi) is 13.1. The first-order valence-electron chi connectivity index (χ1n) is 18.9. The van der Waals surface area contributed by atoms with Gasteiger partial charge in [-0.3, -0.25) is 4.79 Å². The zero-order valence-electron chi connectivity index (χ0n) is 32.4. The normalized spacial score (nSPS) is 33.8. The molecule has 4 aliphatic carbocycles. The van der Waals surface area contributed by atoms with Crippen LogP contribution in [0.3, 0.4) is 0 Å². The second kappa shape index (κ2) is 16.5. The molecule has 0 heterocycles. The number of hydrogen-bond acceptors (Lipinski definition) is 10. The van der Waals surface area contributed by atoms with Gasteiger partial charge in [0.2, 0.25) is 0 Å². The summed E-state index contributed by atoms with van der Waals surface area (Å²) >= 11 is 0. The van der Waals surface area contributed by atoms with Crippen LogP contribution in [0.2, 0.25) is 0 Å². The Bertz CT molecular complexity index is 1480. The summed E-state index contributed by atoms with van der Waals surface area (Å²) in [5.74, 6) is -1.62. The zero-order valence-corrected chi connectivity index (χ0v) is 32.4. The molecule has 0 aromatic carbocycles. The van der Waals surface area contributed by atoms with E-state index in [0.29, 0.717) is 42.4 Å². The van der Waals surface area contributed by atoms with Crippen molar-refractivity contribution in [1.29, 1.82) is 0 Å². The Morgan fingerprint density at radius 1 is 0.692 bits per heavy atom. The van der Waals surface area contributed by atoms with Crippen LogP contribution < -0.4 is 0 Å². The molecule has 0 aromatic rings. The first kappa shape index (κ1) is 41.1. The average molecular weight is 725 g/mol. The van der Waals surface area contributed by atoms with Gasteiger partial charge >= 0.3 is 29.8 Å². The molecule has 0 saturated heterocycles. The van der Waals surface area contributed by atoms with Crippen molar-refractivity contribution in [3.05, 3.63) is 48.6 Å². The predicted octanol–water partition coefficient (Wildman–Crippen LogP) is 7.41. The maximum absolute atomic E-state index is 13.3. The molecule has 0 aliphatic heterocycles. The lowest BCUT2D eigenvalue weighted by atomic mass is 9.43. The van der Waals surface area contributed by atoms with E-state index in [2.05, 4.69) is 47.1 Å². The van der Waals surface area contributed by atoms with E-state index in [1.54, 1.807) is 27.7 Å². The van der Waals surface area contributed by atoms with Crippen LogP contribution >= 0.6 is 0 Å². The third kappa shape index (κ3) is 8.57. The van der Waals surface area contributed by atoms with E-state index in [0.717, 1.165) is 25.7 Å². The molecule has 10 nitrogen and oxygen atoms in total. The monoisotopic (exact) mass is 724 g/mol. The minimum atomic E-state index is -0.527. The van der Waals surface area contributed by atoms with Crippen LogP contribution in [0.5, 0.6) is 0 Å². The molecule has 0 radical (unpaired) electrons. The largest absolute Gasteiger partial charge is 0.462 e. The number of carbonyl (C=O) groups is 5. The maximum atomic E-state index is 13.3. The van der Waals surface area contributed by atoms with Crippen LogP contribution in [0.4, 0.5) is 0 Å². The molecule has 0 unspecified atom stereocenters. The van der Waals surface area contributed by atoms with Gasteiger partial charge in [0.25, 0.3) is 0 Å². The Hall–Kier alpha value is -3.69. The summed E-state index contributed by atoms with van der Waals surface area (Å²) in [6, 6.07) is 0. The lowest BCUT2D eigenvalue weighted by Gasteiger charge is -2.64. The lowest BCUT2D eigenvalue weighted by molar-refractivity contribution is -0.223. The van der Waals surface area contributed by atoms with Crippen molar-refractivity contribution < 1.29 is 47.7 Å². The molecule has 4 rings (SSSR count). The SMILES string of the molecule is C=C(C)C(=O)OCCOC(=O)CC[C@@H](C)[C@H]1CC[C@H]2[C@@H]3[C@H](OC(=O)C(=C)C)C[C@@H]4C[C@H](OC(=O)C(=C)C)CC[C@]4(C)[C@H]3C[C@H](OC(=O)C(=C)C)[C@]12C. The van der Waals surface area contributed by atoms with Gasteiger partial charge in [-0.1, -0.05) is 47.1 Å². The maximum Gasteiger partial charge on any atom is 0.333 e. The molecule has 0 N–H and O–H groups in total. The van der Waals surface area contributed by atoms with E-state index in [-0.39, 0.29) is 84.3 Å². The number of rotatable bonds is 14. The van der Waals surface area contributed by atoms with Crippen LogP contribution in [0, 0.1) is 46.3 Å². The Morgan fingerprint density at radius 3 is 1.88 bits per heavy atom. The Labute approximate surface area is 309 Å². The Balaban J connectivity index is 1.61. The second-order valence-electron chi connectivity index (χ2n) is 16.6. The summed E-state index contributed by atoms with van der Waals surface area (Å²) in [4.78, 5) is 63.3. The number of esters is 5. The molecule has 4 saturated carbocycles. The first-order chi connectivity index (χ1) is 24.3. The van der Waals surface area contributed by atoms with Gasteiger partial charge < -0.3 is 23.7 Å². The molecular weight excluding hydrogens is 664 g/mol. The number of fused-ring (bicyclic) bond motifs is 5. The van der Waals surface area contributed by atoms with Crippen molar-refractivity contribution in [2.24, 2.45) is 46.3 Å². The van der Waals surface area contributed by atoms with E-state index in [9.17, 15) is 24.0 Å². The molecule has 4 fully saturated rings. The molecule has 0 amide bonds. The highest BCUT2D eigenvalue weighted by Gasteiger charge is 2.67. The minimum Gasteiger partial charge on any atom is -0.462 e. The summed E-state index contributed by atoms with van der Waals surface area (Å²) in [6.45, 7) is 28.2. The summed E-state index contributed by atoms with van der Waals surface area (Å²) in [6.07, 6.45) is 4.92. The van der Waals surface area contributed by atoms with Gasteiger partial charge in [-0.05, 0) is 114 Å². The van der Waals surface area contributed by atoms with Crippen LogP contribution in [0.25, 0.3) is 0 Å². The lowest BCUT2D eigenvalue weighted by Crippen LogP contribution is -2.63. The van der Waals surface area contributed by atoms with Crippen molar-refractivity contribution in [2.75, 3.05) is 13.2 Å². The fraction of sp³-hybridized carbons (Fsp3) is 0.690. The number of carbonyl (C=O) groups excluding carboxylic acids is 5. The van der Waals surface area contributed by atoms with E-state index < -0.39 is 35.4 Å². The van der Waals surface area contributed by atoms with Crippen molar-refractivity contribution in [3.8, 4) is 0 Å². The Morgan fingerprint density at radius 2 is 1.27 bits per heavy atom. The fourth-order valence-corrected chi connectivity index (χ4v) is 10.2. The van der Waals surface area contributed by atoms with E-state index in [1.807, 2.05) is 0 Å². The molecule has 10 heteroatoms. The van der Waals surface area contributed by atoms with Gasteiger partial charge in [0, 0.05) is 40.0 Å². The number of ether oxygens (including phenoxy) is 5. The molecular formula is C42H60O10. The summed E-state index contributed by atoms with van der Waals surface area (Å²) in [5, 5.41) is 0. The molecule has 11 atom stereocenters. The summed E-state index contributed by atoms with van der Waals surface area (Å²) in [5.41, 5.74) is 0.695. The standard InChI is InChI=1S/C42H60O10/c1-23(2)37(44)49-19-18-48-35(43)15-12-27(9)30-13-14-31-36-32(22-34(42(30,31)11)52-40(47)26(7)8)41(10)17-16-29(50-38(45)24(3)4)20-28(41)21-33(36)51-39(46)25(5)6/h27-34,36H,1,3,5,7,12-22H2,2,4,6,8-11H3/t27-,28+,29-,30-,31+,32+,33-,34+,36+,41+,42-/m1/s1. The van der Waals surface area contributed by atoms with Gasteiger partial charge in [0.1, 0.15) is 31.5 Å². The van der Waals surface area contributed by atoms with Gasteiger partial charge in [-0.2, -0.15) is 0 Å². The third-order valence-electron chi connectivity index (χ3n) is 13.0. The van der Waals surface area contributed by atoms with Crippen molar-refractivity contribution >= 4 is 29.8 Å². The summed E-state index contributed by atoms with van der Waals surface area (Å²) in [7, 11) is 0. The quantitative estimate of drug-likeness (QED) is 0.0773. The van der Waals surface area contributed by atoms with Gasteiger partial charge in [-0.15, -0.1) is 0 Å². The average Bonchev–Trinajstić information content (AvgIpc) is 3.43. The highest BCUT2D eigenvalue weighted by molar-refractivity contribution is 5.88. The highest BCUT2D eigenvalue weighted by atomic mass is 16.6. The summed E-state index contributed by atoms with van der Waals surface area (Å²) < 4.78 is 29.0. The molecule has 0 spiro atoms. The molecule has 0 bridgehead atoms. The third-order valence-corrected chi connectivity index (χ3v) is 13.0. The predicted molar refractivity (Wildman–Crippen MR) is 195 cm³/mol. The molecule has 4 aliphatic rings. The van der Waals surface area contributed by atoms with E-state index in [4.69, 9.17) is 23.7 Å². The second-order valence-corrected chi connectivity index (χ2v) is 16.6. The fourth-order valence-electron chi connectivity index (χ4n) is 10.2. The molecule has 52 heavy (non-hydrogen) atoms. The van der Waals surface area contributed by atoms with Gasteiger partial charge in [0.15, 0.2) is 0 Å². The minimum absolute atomic E-state index is 0.0212.